The second-order valence-electron chi connectivity index (χ2n) is 3.46. The van der Waals surface area contributed by atoms with Crippen molar-refractivity contribution in [2.75, 3.05) is 6.61 Å². The smallest absolute Gasteiger partial charge is 0.220 e. The zero-order chi connectivity index (χ0) is 10.1. The highest BCUT2D eigenvalue weighted by Crippen LogP contribution is 2.13. The van der Waals surface area contributed by atoms with Crippen LogP contribution in [0.25, 0.3) is 0 Å². The molecule has 1 amide bonds. The van der Waals surface area contributed by atoms with Crippen LogP contribution in [0.15, 0.2) is 0 Å². The van der Waals surface area contributed by atoms with E-state index in [9.17, 15) is 4.79 Å². The van der Waals surface area contributed by atoms with Gasteiger partial charge in [0.15, 0.2) is 0 Å². The Morgan fingerprint density at radius 1 is 1.31 bits per heavy atom. The number of carbonyl (C=O) groups excluding carboxylic acids is 1. The Morgan fingerprint density at radius 2 is 2.00 bits per heavy atom. The Kier molecular flexibility index (Phi) is 7.69. The predicted octanol–water partition coefficient (Wildman–Crippen LogP) is 1.44. The van der Waals surface area contributed by atoms with Gasteiger partial charge in [-0.2, -0.15) is 0 Å². The SMILES string of the molecule is CCCCCCC(CCO)C(N)=O. The van der Waals surface area contributed by atoms with Crippen LogP contribution in [0.1, 0.15) is 45.4 Å². The van der Waals surface area contributed by atoms with Crippen molar-refractivity contribution in [3.05, 3.63) is 0 Å². The van der Waals surface area contributed by atoms with E-state index in [4.69, 9.17) is 10.8 Å². The van der Waals surface area contributed by atoms with Crippen molar-refractivity contribution < 1.29 is 9.90 Å². The van der Waals surface area contributed by atoms with E-state index in [0.29, 0.717) is 6.42 Å². The number of hydrogen-bond acceptors (Lipinski definition) is 2. The first-order valence-corrected chi connectivity index (χ1v) is 5.12. The quantitative estimate of drug-likeness (QED) is 0.565. The van der Waals surface area contributed by atoms with Crippen molar-refractivity contribution in [1.82, 2.24) is 0 Å². The van der Waals surface area contributed by atoms with Gasteiger partial charge in [-0.3, -0.25) is 4.79 Å². The number of hydrogen-bond donors (Lipinski definition) is 2. The van der Waals surface area contributed by atoms with Crippen LogP contribution in [0, 0.1) is 5.92 Å². The van der Waals surface area contributed by atoms with Gasteiger partial charge in [-0.05, 0) is 12.8 Å². The van der Waals surface area contributed by atoms with Gasteiger partial charge in [0.05, 0.1) is 0 Å². The van der Waals surface area contributed by atoms with E-state index in [-0.39, 0.29) is 18.4 Å². The van der Waals surface area contributed by atoms with Gasteiger partial charge in [-0.15, -0.1) is 0 Å². The monoisotopic (exact) mass is 187 g/mol. The van der Waals surface area contributed by atoms with Gasteiger partial charge in [0.25, 0.3) is 0 Å². The molecule has 0 aliphatic rings. The molecule has 0 saturated heterocycles. The predicted molar refractivity (Wildman–Crippen MR) is 53.1 cm³/mol. The van der Waals surface area contributed by atoms with Crippen LogP contribution in [-0.4, -0.2) is 17.6 Å². The number of amides is 1. The number of aliphatic hydroxyl groups excluding tert-OH is 1. The first-order chi connectivity index (χ1) is 6.22. The Labute approximate surface area is 80.3 Å². The van der Waals surface area contributed by atoms with E-state index < -0.39 is 0 Å². The molecule has 0 saturated carbocycles. The Balaban J connectivity index is 3.51. The minimum Gasteiger partial charge on any atom is -0.396 e. The lowest BCUT2D eigenvalue weighted by Gasteiger charge is -2.10. The molecular formula is C10H21NO2. The minimum atomic E-state index is -0.273. The Hall–Kier alpha value is -0.570. The van der Waals surface area contributed by atoms with Crippen LogP contribution in [0.5, 0.6) is 0 Å². The van der Waals surface area contributed by atoms with Crippen LogP contribution in [0.4, 0.5) is 0 Å². The average molecular weight is 187 g/mol. The van der Waals surface area contributed by atoms with E-state index in [1.165, 1.54) is 12.8 Å². The van der Waals surface area contributed by atoms with Gasteiger partial charge in [0.1, 0.15) is 0 Å². The summed E-state index contributed by atoms with van der Waals surface area (Å²) in [5, 5.41) is 8.68. The third-order valence-corrected chi connectivity index (χ3v) is 2.29. The highest BCUT2D eigenvalue weighted by atomic mass is 16.3. The molecule has 3 nitrogen and oxygen atoms in total. The molecule has 1 unspecified atom stereocenters. The normalized spacial score (nSPS) is 12.8. The van der Waals surface area contributed by atoms with Crippen molar-refractivity contribution in [2.45, 2.75) is 45.4 Å². The maximum Gasteiger partial charge on any atom is 0.220 e. The standard InChI is InChI=1S/C10H21NO2/c1-2-3-4-5-6-9(7-8-12)10(11)13/h9,12H,2-8H2,1H3,(H2,11,13). The molecule has 3 heteroatoms. The van der Waals surface area contributed by atoms with Crippen LogP contribution in [-0.2, 0) is 4.79 Å². The summed E-state index contributed by atoms with van der Waals surface area (Å²) in [6.07, 6.45) is 5.95. The fourth-order valence-corrected chi connectivity index (χ4v) is 1.40. The molecule has 0 fully saturated rings. The number of carbonyl (C=O) groups is 1. The number of nitrogens with two attached hydrogens (primary N) is 1. The minimum absolute atomic E-state index is 0.0569. The van der Waals surface area contributed by atoms with Gasteiger partial charge < -0.3 is 10.8 Å². The van der Waals surface area contributed by atoms with Crippen molar-refractivity contribution in [3.63, 3.8) is 0 Å². The molecule has 0 bridgehead atoms. The fourth-order valence-electron chi connectivity index (χ4n) is 1.40. The molecule has 78 valence electrons. The molecule has 1 atom stereocenters. The molecule has 0 aromatic heterocycles. The highest BCUT2D eigenvalue weighted by Gasteiger charge is 2.13. The molecule has 13 heavy (non-hydrogen) atoms. The lowest BCUT2D eigenvalue weighted by molar-refractivity contribution is -0.122. The van der Waals surface area contributed by atoms with Gasteiger partial charge in [-0.25, -0.2) is 0 Å². The van der Waals surface area contributed by atoms with Gasteiger partial charge >= 0.3 is 0 Å². The van der Waals surface area contributed by atoms with E-state index >= 15 is 0 Å². The van der Waals surface area contributed by atoms with Gasteiger partial charge in [0.2, 0.25) is 5.91 Å². The number of aliphatic hydroxyl groups is 1. The summed E-state index contributed by atoms with van der Waals surface area (Å²) in [4.78, 5) is 10.9. The van der Waals surface area contributed by atoms with Crippen LogP contribution >= 0.6 is 0 Å². The van der Waals surface area contributed by atoms with Gasteiger partial charge in [0, 0.05) is 12.5 Å². The molecule has 0 aliphatic carbocycles. The lowest BCUT2D eigenvalue weighted by atomic mass is 9.97. The van der Waals surface area contributed by atoms with Crippen LogP contribution in [0.2, 0.25) is 0 Å². The highest BCUT2D eigenvalue weighted by molar-refractivity contribution is 5.76. The van der Waals surface area contributed by atoms with E-state index in [1.807, 2.05) is 0 Å². The second-order valence-corrected chi connectivity index (χ2v) is 3.46. The zero-order valence-electron chi connectivity index (χ0n) is 8.46. The summed E-state index contributed by atoms with van der Waals surface area (Å²) in [6, 6.07) is 0. The Bertz CT molecular complexity index is 137. The van der Waals surface area contributed by atoms with Crippen molar-refractivity contribution in [1.29, 1.82) is 0 Å². The number of rotatable bonds is 8. The first-order valence-electron chi connectivity index (χ1n) is 5.12. The van der Waals surface area contributed by atoms with Crippen LogP contribution in [0.3, 0.4) is 0 Å². The molecule has 0 spiro atoms. The lowest BCUT2D eigenvalue weighted by Crippen LogP contribution is -2.24. The average Bonchev–Trinajstić information content (AvgIpc) is 2.10. The first kappa shape index (κ1) is 12.4. The molecule has 0 aliphatic heterocycles. The summed E-state index contributed by atoms with van der Waals surface area (Å²) in [6.45, 7) is 2.21. The summed E-state index contributed by atoms with van der Waals surface area (Å²) in [7, 11) is 0. The van der Waals surface area contributed by atoms with Crippen molar-refractivity contribution in [3.8, 4) is 0 Å². The van der Waals surface area contributed by atoms with Crippen LogP contribution < -0.4 is 5.73 Å². The van der Waals surface area contributed by atoms with Gasteiger partial charge in [-0.1, -0.05) is 32.6 Å². The summed E-state index contributed by atoms with van der Waals surface area (Å²) >= 11 is 0. The molecule has 0 heterocycles. The molecule has 3 N–H and O–H groups in total. The fraction of sp³-hybridized carbons (Fsp3) is 0.900. The van der Waals surface area contributed by atoms with Crippen molar-refractivity contribution >= 4 is 5.91 Å². The number of unbranched alkanes of at least 4 members (excludes halogenated alkanes) is 3. The summed E-state index contributed by atoms with van der Waals surface area (Å²) < 4.78 is 0. The molecule has 0 aromatic carbocycles. The van der Waals surface area contributed by atoms with Crippen molar-refractivity contribution in [2.24, 2.45) is 11.7 Å². The zero-order valence-corrected chi connectivity index (χ0v) is 8.46. The number of primary amides is 1. The summed E-state index contributed by atoms with van der Waals surface area (Å²) in [5.41, 5.74) is 5.19. The van der Waals surface area contributed by atoms with E-state index in [1.54, 1.807) is 0 Å². The third-order valence-electron chi connectivity index (χ3n) is 2.29. The van der Waals surface area contributed by atoms with E-state index in [2.05, 4.69) is 6.92 Å². The molecule has 0 aromatic rings. The maximum absolute atomic E-state index is 10.9. The Morgan fingerprint density at radius 3 is 2.46 bits per heavy atom. The third kappa shape index (κ3) is 6.58. The maximum atomic E-state index is 10.9. The van der Waals surface area contributed by atoms with E-state index in [0.717, 1.165) is 19.3 Å². The second kappa shape index (κ2) is 8.05. The summed E-state index contributed by atoms with van der Waals surface area (Å²) in [5.74, 6) is -0.396. The largest absolute Gasteiger partial charge is 0.396 e. The topological polar surface area (TPSA) is 63.3 Å². The molecule has 0 rings (SSSR count). The molecular weight excluding hydrogens is 166 g/mol. The molecule has 0 radical (unpaired) electrons.